The Morgan fingerprint density at radius 1 is 1.20 bits per heavy atom. The molecule has 0 aliphatic rings. The second kappa shape index (κ2) is 7.07. The van der Waals surface area contributed by atoms with Gasteiger partial charge in [0.1, 0.15) is 22.8 Å². The molecule has 6 heteroatoms. The van der Waals surface area contributed by atoms with Crippen molar-refractivity contribution >= 4 is 17.5 Å². The molecule has 0 aliphatic heterocycles. The van der Waals surface area contributed by atoms with Gasteiger partial charge >= 0.3 is 0 Å². The van der Waals surface area contributed by atoms with Gasteiger partial charge < -0.3 is 9.42 Å². The summed E-state index contributed by atoms with van der Waals surface area (Å²) in [5, 5.41) is 4.05. The molecule has 0 radical (unpaired) electrons. The average molecular weight is 359 g/mol. The molecule has 1 aromatic heterocycles. The Labute approximate surface area is 149 Å². The van der Waals surface area contributed by atoms with E-state index >= 15 is 0 Å². The molecule has 0 saturated carbocycles. The highest BCUT2D eigenvalue weighted by Gasteiger charge is 2.27. The number of rotatable bonds is 4. The fourth-order valence-corrected chi connectivity index (χ4v) is 2.89. The third kappa shape index (κ3) is 3.42. The van der Waals surface area contributed by atoms with Gasteiger partial charge in [-0.25, -0.2) is 4.39 Å². The zero-order chi connectivity index (χ0) is 18.0. The molecule has 1 amide bonds. The average Bonchev–Trinajstić information content (AvgIpc) is 2.96. The van der Waals surface area contributed by atoms with E-state index in [9.17, 15) is 9.18 Å². The molecule has 0 bridgehead atoms. The van der Waals surface area contributed by atoms with Crippen LogP contribution in [0.2, 0.25) is 5.02 Å². The minimum absolute atomic E-state index is 0.0671. The molecule has 4 nitrogen and oxygen atoms in total. The van der Waals surface area contributed by atoms with Crippen molar-refractivity contribution in [3.8, 4) is 11.3 Å². The Morgan fingerprint density at radius 3 is 2.60 bits per heavy atom. The number of carbonyl (C=O) groups excluding carboxylic acids is 1. The number of aromatic nitrogens is 1. The van der Waals surface area contributed by atoms with Crippen LogP contribution in [0.25, 0.3) is 11.3 Å². The lowest BCUT2D eigenvalue weighted by atomic mass is 10.0. The quantitative estimate of drug-likeness (QED) is 0.678. The van der Waals surface area contributed by atoms with Crippen LogP contribution in [-0.2, 0) is 6.54 Å². The second-order valence-corrected chi connectivity index (χ2v) is 6.11. The van der Waals surface area contributed by atoms with Crippen molar-refractivity contribution in [3.63, 3.8) is 0 Å². The van der Waals surface area contributed by atoms with Crippen LogP contribution in [0.5, 0.6) is 0 Å². The van der Waals surface area contributed by atoms with E-state index in [0.717, 1.165) is 5.56 Å². The highest BCUT2D eigenvalue weighted by molar-refractivity contribution is 6.33. The van der Waals surface area contributed by atoms with Crippen LogP contribution in [0, 0.1) is 12.7 Å². The van der Waals surface area contributed by atoms with Gasteiger partial charge in [-0.15, -0.1) is 0 Å². The van der Waals surface area contributed by atoms with Crippen molar-refractivity contribution in [1.82, 2.24) is 10.1 Å². The Hall–Kier alpha value is -2.66. The number of carbonyl (C=O) groups is 1. The van der Waals surface area contributed by atoms with Crippen LogP contribution in [0.4, 0.5) is 4.39 Å². The summed E-state index contributed by atoms with van der Waals surface area (Å²) < 4.78 is 19.4. The van der Waals surface area contributed by atoms with E-state index in [1.54, 1.807) is 20.0 Å². The van der Waals surface area contributed by atoms with E-state index in [2.05, 4.69) is 5.16 Å². The standard InChI is InChI=1S/C19H16ClFN2O2/c1-12-16(19(24)23(2)11-13-7-4-3-5-8-13)18(22-25-12)17-14(20)9-6-10-15(17)21/h3-10H,11H2,1-2H3. The molecule has 2 aromatic carbocycles. The first-order chi connectivity index (χ1) is 12.0. The largest absolute Gasteiger partial charge is 0.360 e. The number of amides is 1. The second-order valence-electron chi connectivity index (χ2n) is 5.71. The summed E-state index contributed by atoms with van der Waals surface area (Å²) >= 11 is 6.11. The van der Waals surface area contributed by atoms with E-state index in [1.165, 1.54) is 17.0 Å². The molecule has 0 N–H and O–H groups in total. The summed E-state index contributed by atoms with van der Waals surface area (Å²) in [5.41, 5.74) is 1.38. The molecule has 0 spiro atoms. The molecule has 3 aromatic rings. The molecule has 0 fully saturated rings. The van der Waals surface area contributed by atoms with Crippen molar-refractivity contribution in [2.75, 3.05) is 7.05 Å². The molecule has 3 rings (SSSR count). The molecule has 128 valence electrons. The van der Waals surface area contributed by atoms with E-state index in [0.29, 0.717) is 12.3 Å². The third-order valence-corrected chi connectivity index (χ3v) is 4.20. The first kappa shape index (κ1) is 17.2. The Bertz CT molecular complexity index is 889. The first-order valence-corrected chi connectivity index (χ1v) is 8.07. The van der Waals surface area contributed by atoms with Crippen molar-refractivity contribution in [2.24, 2.45) is 0 Å². The molecule has 0 saturated heterocycles. The van der Waals surface area contributed by atoms with Gasteiger partial charge in [0, 0.05) is 13.6 Å². The zero-order valence-corrected chi connectivity index (χ0v) is 14.5. The van der Waals surface area contributed by atoms with Crippen LogP contribution in [0.15, 0.2) is 53.1 Å². The lowest BCUT2D eigenvalue weighted by Crippen LogP contribution is -2.27. The molecule has 1 heterocycles. The number of hydrogen-bond donors (Lipinski definition) is 0. The van der Waals surface area contributed by atoms with Crippen molar-refractivity contribution in [2.45, 2.75) is 13.5 Å². The van der Waals surface area contributed by atoms with E-state index in [4.69, 9.17) is 16.1 Å². The molecule has 0 unspecified atom stereocenters. The minimum atomic E-state index is -0.555. The van der Waals surface area contributed by atoms with Crippen molar-refractivity contribution in [3.05, 3.63) is 76.3 Å². The van der Waals surface area contributed by atoms with Crippen LogP contribution in [0.3, 0.4) is 0 Å². The van der Waals surface area contributed by atoms with Gasteiger partial charge in [0.2, 0.25) is 0 Å². The van der Waals surface area contributed by atoms with Crippen molar-refractivity contribution in [1.29, 1.82) is 0 Å². The van der Waals surface area contributed by atoms with Gasteiger partial charge in [0.25, 0.3) is 5.91 Å². The van der Waals surface area contributed by atoms with Gasteiger partial charge in [-0.2, -0.15) is 0 Å². The van der Waals surface area contributed by atoms with Crippen LogP contribution >= 0.6 is 11.6 Å². The number of hydrogen-bond acceptors (Lipinski definition) is 3. The molecular formula is C19H16ClFN2O2. The highest BCUT2D eigenvalue weighted by atomic mass is 35.5. The van der Waals surface area contributed by atoms with E-state index in [-0.39, 0.29) is 27.8 Å². The summed E-state index contributed by atoms with van der Waals surface area (Å²) in [4.78, 5) is 14.4. The SMILES string of the molecule is Cc1onc(-c2c(F)cccc2Cl)c1C(=O)N(C)Cc1ccccc1. The number of halogens is 2. The van der Waals surface area contributed by atoms with Gasteiger partial charge in [0.05, 0.1) is 10.6 Å². The number of benzene rings is 2. The predicted octanol–water partition coefficient (Wildman–Crippen LogP) is 4.71. The minimum Gasteiger partial charge on any atom is -0.360 e. The van der Waals surface area contributed by atoms with Gasteiger partial charge in [-0.1, -0.05) is 53.2 Å². The summed E-state index contributed by atoms with van der Waals surface area (Å²) in [6, 6.07) is 13.9. The first-order valence-electron chi connectivity index (χ1n) is 7.69. The molecule has 0 aliphatic carbocycles. The summed E-state index contributed by atoms with van der Waals surface area (Å²) in [6.45, 7) is 2.03. The molecule has 0 atom stereocenters. The van der Waals surface area contributed by atoms with Gasteiger partial charge in [-0.05, 0) is 24.6 Å². The van der Waals surface area contributed by atoms with E-state index in [1.807, 2.05) is 30.3 Å². The van der Waals surface area contributed by atoms with Gasteiger partial charge in [-0.3, -0.25) is 4.79 Å². The van der Waals surface area contributed by atoms with Gasteiger partial charge in [0.15, 0.2) is 0 Å². The highest BCUT2D eigenvalue weighted by Crippen LogP contribution is 2.34. The maximum absolute atomic E-state index is 14.2. The van der Waals surface area contributed by atoms with Crippen molar-refractivity contribution < 1.29 is 13.7 Å². The zero-order valence-electron chi connectivity index (χ0n) is 13.8. The van der Waals surface area contributed by atoms with E-state index < -0.39 is 5.82 Å². The maximum Gasteiger partial charge on any atom is 0.259 e. The summed E-state index contributed by atoms with van der Waals surface area (Å²) in [6.07, 6.45) is 0. The Morgan fingerprint density at radius 2 is 1.92 bits per heavy atom. The number of nitrogens with zero attached hydrogens (tertiary/aromatic N) is 2. The lowest BCUT2D eigenvalue weighted by molar-refractivity contribution is 0.0784. The monoisotopic (exact) mass is 358 g/mol. The van der Waals surface area contributed by atoms with Crippen LogP contribution in [0.1, 0.15) is 21.7 Å². The summed E-state index contributed by atoms with van der Waals surface area (Å²) in [5.74, 6) is -0.545. The Kier molecular flexibility index (Phi) is 4.86. The normalized spacial score (nSPS) is 10.7. The Balaban J connectivity index is 1.98. The van der Waals surface area contributed by atoms with Crippen LogP contribution in [-0.4, -0.2) is 23.0 Å². The molecule has 25 heavy (non-hydrogen) atoms. The third-order valence-electron chi connectivity index (χ3n) is 3.89. The predicted molar refractivity (Wildman–Crippen MR) is 93.9 cm³/mol. The fourth-order valence-electron chi connectivity index (χ4n) is 2.64. The molecular weight excluding hydrogens is 343 g/mol. The summed E-state index contributed by atoms with van der Waals surface area (Å²) in [7, 11) is 1.68. The smallest absolute Gasteiger partial charge is 0.259 e. The van der Waals surface area contributed by atoms with Crippen LogP contribution < -0.4 is 0 Å². The maximum atomic E-state index is 14.2. The number of aryl methyl sites for hydroxylation is 1. The lowest BCUT2D eigenvalue weighted by Gasteiger charge is -2.17. The topological polar surface area (TPSA) is 46.3 Å². The fraction of sp³-hybridized carbons (Fsp3) is 0.158.